The van der Waals surface area contributed by atoms with Gasteiger partial charge in [-0.15, -0.1) is 11.3 Å². The van der Waals surface area contributed by atoms with Gasteiger partial charge in [0, 0.05) is 45.0 Å². The van der Waals surface area contributed by atoms with Gasteiger partial charge in [-0.2, -0.15) is 0 Å². The van der Waals surface area contributed by atoms with Crippen LogP contribution in [0.3, 0.4) is 0 Å². The summed E-state index contributed by atoms with van der Waals surface area (Å²) in [6, 6.07) is 59.8. The van der Waals surface area contributed by atoms with E-state index in [0.717, 1.165) is 76.2 Å². The molecule has 0 spiro atoms. The first-order chi connectivity index (χ1) is 27.2. The second-order valence-electron chi connectivity index (χ2n) is 13.2. The average Bonchev–Trinajstić information content (AvgIpc) is 3.65. The highest BCUT2D eigenvalue weighted by Gasteiger charge is 2.19. The number of fused-ring (bicyclic) bond motifs is 3. The van der Waals surface area contributed by atoms with Gasteiger partial charge in [0.2, 0.25) is 0 Å². The molecule has 0 aliphatic carbocycles. The van der Waals surface area contributed by atoms with E-state index in [1.807, 2.05) is 115 Å². The van der Waals surface area contributed by atoms with Crippen LogP contribution in [0.25, 0.3) is 99.5 Å². The molecule has 0 bridgehead atoms. The monoisotopic (exact) mass is 722 g/mol. The molecule has 0 aliphatic rings. The Morgan fingerprint density at radius 1 is 0.327 bits per heavy atom. The summed E-state index contributed by atoms with van der Waals surface area (Å²) in [5, 5.41) is 1.02. The third-order valence-electron chi connectivity index (χ3n) is 9.62. The molecular weight excluding hydrogens is 693 g/mol. The number of thiophene rings is 1. The lowest BCUT2D eigenvalue weighted by atomic mass is 10.0. The summed E-state index contributed by atoms with van der Waals surface area (Å²) in [5.41, 5.74) is 10.8. The van der Waals surface area contributed by atoms with Crippen molar-refractivity contribution in [1.29, 1.82) is 0 Å². The van der Waals surface area contributed by atoms with Gasteiger partial charge >= 0.3 is 0 Å². The van der Waals surface area contributed by atoms with E-state index in [0.29, 0.717) is 23.3 Å². The highest BCUT2D eigenvalue weighted by Crippen LogP contribution is 2.40. The summed E-state index contributed by atoms with van der Waals surface area (Å²) >= 11 is 1.63. The molecule has 0 amide bonds. The third kappa shape index (κ3) is 6.33. The summed E-state index contributed by atoms with van der Waals surface area (Å²) in [4.78, 5) is 31.2. The quantitative estimate of drug-likeness (QED) is 0.163. The molecule has 0 fully saturated rings. The van der Waals surface area contributed by atoms with Gasteiger partial charge in [-0.1, -0.05) is 164 Å². The van der Waals surface area contributed by atoms with Gasteiger partial charge in [0.25, 0.3) is 0 Å². The van der Waals surface area contributed by atoms with Crippen molar-refractivity contribution >= 4 is 31.8 Å². The lowest BCUT2D eigenvalue weighted by Gasteiger charge is -2.10. The molecule has 0 saturated carbocycles. The van der Waals surface area contributed by atoms with Crippen LogP contribution in [-0.4, -0.2) is 29.9 Å². The maximum absolute atomic E-state index is 5.22. The Morgan fingerprint density at radius 2 is 0.782 bits per heavy atom. The van der Waals surface area contributed by atoms with Crippen molar-refractivity contribution in [1.82, 2.24) is 29.9 Å². The molecule has 0 radical (unpaired) electrons. The van der Waals surface area contributed by atoms with E-state index in [9.17, 15) is 0 Å². The standard InChI is InChI=1S/C48H30N6S/c1-5-14-31(15-6-1)37-22-13-23-38(28-37)47-53-45(34-20-11-4-12-21-34)52-46(54-47)36-26-24-35(25-27-36)44-50-41(33-18-9-3-10-19-33)43-42(51-44)40-29-39(30-49-48(40)55-43)32-16-7-2-8-17-32/h1-30H. The average molecular weight is 723 g/mol. The fraction of sp³-hybridized carbons (Fsp3) is 0. The van der Waals surface area contributed by atoms with Crippen LogP contribution in [0.2, 0.25) is 0 Å². The first-order valence-electron chi connectivity index (χ1n) is 18.0. The van der Waals surface area contributed by atoms with Gasteiger partial charge in [-0.3, -0.25) is 0 Å². The summed E-state index contributed by atoms with van der Waals surface area (Å²) in [7, 11) is 0. The summed E-state index contributed by atoms with van der Waals surface area (Å²) < 4.78 is 1.02. The van der Waals surface area contributed by atoms with E-state index in [1.54, 1.807) is 11.3 Å². The number of hydrogen-bond donors (Lipinski definition) is 0. The minimum atomic E-state index is 0.588. The number of nitrogens with zero attached hydrogens (tertiary/aromatic N) is 6. The van der Waals surface area contributed by atoms with E-state index >= 15 is 0 Å². The van der Waals surface area contributed by atoms with Gasteiger partial charge < -0.3 is 0 Å². The van der Waals surface area contributed by atoms with Crippen molar-refractivity contribution in [3.05, 3.63) is 182 Å². The molecule has 0 aliphatic heterocycles. The molecule has 6 aromatic carbocycles. The summed E-state index contributed by atoms with van der Waals surface area (Å²) in [6.45, 7) is 0. The number of hydrogen-bond acceptors (Lipinski definition) is 7. The third-order valence-corrected chi connectivity index (χ3v) is 10.7. The zero-order chi connectivity index (χ0) is 36.6. The minimum Gasteiger partial charge on any atom is -0.245 e. The molecule has 55 heavy (non-hydrogen) atoms. The van der Waals surface area contributed by atoms with Crippen molar-refractivity contribution in [2.45, 2.75) is 0 Å². The Morgan fingerprint density at radius 3 is 1.38 bits per heavy atom. The second-order valence-corrected chi connectivity index (χ2v) is 14.2. The molecule has 4 aromatic heterocycles. The first kappa shape index (κ1) is 32.4. The Labute approximate surface area is 321 Å². The van der Waals surface area contributed by atoms with E-state index in [4.69, 9.17) is 29.9 Å². The van der Waals surface area contributed by atoms with E-state index in [1.165, 1.54) is 0 Å². The van der Waals surface area contributed by atoms with E-state index in [2.05, 4.69) is 66.7 Å². The lowest BCUT2D eigenvalue weighted by molar-refractivity contribution is 1.07. The smallest absolute Gasteiger partial charge is 0.164 e. The maximum atomic E-state index is 5.22. The van der Waals surface area contributed by atoms with Crippen LogP contribution in [0, 0.1) is 0 Å². The molecule has 0 N–H and O–H groups in total. The molecule has 4 heterocycles. The maximum Gasteiger partial charge on any atom is 0.164 e. The van der Waals surface area contributed by atoms with Crippen LogP contribution < -0.4 is 0 Å². The molecule has 0 atom stereocenters. The molecule has 258 valence electrons. The fourth-order valence-electron chi connectivity index (χ4n) is 6.83. The fourth-order valence-corrected chi connectivity index (χ4v) is 7.90. The van der Waals surface area contributed by atoms with Crippen LogP contribution >= 0.6 is 11.3 Å². The highest BCUT2D eigenvalue weighted by atomic mass is 32.1. The van der Waals surface area contributed by atoms with Gasteiger partial charge in [0.05, 0.1) is 15.9 Å². The predicted molar refractivity (Wildman–Crippen MR) is 224 cm³/mol. The van der Waals surface area contributed by atoms with Gasteiger partial charge in [-0.05, 0) is 28.8 Å². The highest BCUT2D eigenvalue weighted by molar-refractivity contribution is 7.25. The van der Waals surface area contributed by atoms with Crippen LogP contribution in [-0.2, 0) is 0 Å². The van der Waals surface area contributed by atoms with E-state index in [-0.39, 0.29) is 0 Å². The molecule has 0 unspecified atom stereocenters. The Balaban J connectivity index is 1.08. The topological polar surface area (TPSA) is 77.3 Å². The number of pyridine rings is 1. The lowest BCUT2D eigenvalue weighted by Crippen LogP contribution is -2.00. The largest absolute Gasteiger partial charge is 0.245 e. The van der Waals surface area contributed by atoms with Crippen LogP contribution in [0.15, 0.2) is 182 Å². The van der Waals surface area contributed by atoms with Crippen molar-refractivity contribution in [3.63, 3.8) is 0 Å². The molecule has 10 rings (SSSR count). The van der Waals surface area contributed by atoms with Crippen molar-refractivity contribution < 1.29 is 0 Å². The first-order valence-corrected chi connectivity index (χ1v) is 18.8. The summed E-state index contributed by atoms with van der Waals surface area (Å²) in [6.07, 6.45) is 1.94. The Hall–Kier alpha value is -7.22. The van der Waals surface area contributed by atoms with Gasteiger partial charge in [0.15, 0.2) is 23.3 Å². The van der Waals surface area contributed by atoms with Crippen molar-refractivity contribution in [2.75, 3.05) is 0 Å². The van der Waals surface area contributed by atoms with E-state index < -0.39 is 0 Å². The molecule has 0 saturated heterocycles. The minimum absolute atomic E-state index is 0.588. The van der Waals surface area contributed by atoms with Crippen molar-refractivity contribution in [2.24, 2.45) is 0 Å². The number of aromatic nitrogens is 6. The summed E-state index contributed by atoms with van der Waals surface area (Å²) in [5.74, 6) is 2.45. The molecule has 6 nitrogen and oxygen atoms in total. The number of rotatable bonds is 7. The van der Waals surface area contributed by atoms with Crippen LogP contribution in [0.4, 0.5) is 0 Å². The Bertz CT molecular complexity index is 2950. The SMILES string of the molecule is c1ccc(-c2cccc(-c3nc(-c4ccccc4)nc(-c4ccc(-c5nc(-c6ccccc6)c6sc7ncc(-c8ccccc8)cc7c6n5)cc4)n3)c2)cc1. The molecule has 10 aromatic rings. The normalized spacial score (nSPS) is 11.3. The van der Waals surface area contributed by atoms with Gasteiger partial charge in [0.1, 0.15) is 4.83 Å². The van der Waals surface area contributed by atoms with Crippen LogP contribution in [0.5, 0.6) is 0 Å². The molecular formula is C48H30N6S. The van der Waals surface area contributed by atoms with Crippen LogP contribution in [0.1, 0.15) is 0 Å². The predicted octanol–water partition coefficient (Wildman–Crippen LogP) is 12.1. The number of benzene rings is 6. The van der Waals surface area contributed by atoms with Gasteiger partial charge in [-0.25, -0.2) is 29.9 Å². The second kappa shape index (κ2) is 14.0. The van der Waals surface area contributed by atoms with Crippen molar-refractivity contribution in [3.8, 4) is 79.1 Å². The Kier molecular flexibility index (Phi) is 8.24. The zero-order valence-corrected chi connectivity index (χ0v) is 30.2. The molecule has 7 heteroatoms. The zero-order valence-electron chi connectivity index (χ0n) is 29.4.